The first-order chi connectivity index (χ1) is 16.0. The van der Waals surface area contributed by atoms with Gasteiger partial charge in [-0.3, -0.25) is 4.79 Å². The number of urea groups is 1. The number of carbonyl (C=O) groups is 2. The molecule has 7 nitrogen and oxygen atoms in total. The van der Waals surface area contributed by atoms with Gasteiger partial charge in [-0.05, 0) is 61.6 Å². The number of nitrogens with zero attached hydrogens (tertiary/aromatic N) is 1. The third-order valence-corrected chi connectivity index (χ3v) is 6.01. The maximum absolute atomic E-state index is 12.7. The Hall–Kier alpha value is -3.19. The molecule has 3 amide bonds. The number of hydrogen-bond donors (Lipinski definition) is 2. The SMILES string of the molecule is Cc1ccc(NC(=O)NCC2CCCN(C(=O)/C=C/c3cc(Cl)c4c(c3)OCCO4)C2)cc1. The van der Waals surface area contributed by atoms with Crippen LogP contribution >= 0.6 is 11.6 Å². The second-order valence-corrected chi connectivity index (χ2v) is 8.76. The van der Waals surface area contributed by atoms with Crippen molar-refractivity contribution < 1.29 is 19.1 Å². The smallest absolute Gasteiger partial charge is 0.319 e. The molecule has 4 rings (SSSR count). The maximum Gasteiger partial charge on any atom is 0.319 e. The molecule has 2 aliphatic rings. The van der Waals surface area contributed by atoms with Crippen LogP contribution in [0.3, 0.4) is 0 Å². The Kier molecular flexibility index (Phi) is 7.40. The van der Waals surface area contributed by atoms with Crippen molar-refractivity contribution in [2.45, 2.75) is 19.8 Å². The van der Waals surface area contributed by atoms with E-state index in [1.165, 1.54) is 0 Å². The zero-order chi connectivity index (χ0) is 23.2. The van der Waals surface area contributed by atoms with Gasteiger partial charge in [-0.25, -0.2) is 4.79 Å². The van der Waals surface area contributed by atoms with E-state index in [4.69, 9.17) is 21.1 Å². The molecule has 0 radical (unpaired) electrons. The Morgan fingerprint density at radius 1 is 1.18 bits per heavy atom. The second-order valence-electron chi connectivity index (χ2n) is 8.35. The van der Waals surface area contributed by atoms with Crippen molar-refractivity contribution in [2.75, 3.05) is 38.2 Å². The minimum Gasteiger partial charge on any atom is -0.486 e. The van der Waals surface area contributed by atoms with Gasteiger partial charge in [0.1, 0.15) is 13.2 Å². The first-order valence-electron chi connectivity index (χ1n) is 11.2. The number of hydrogen-bond acceptors (Lipinski definition) is 4. The number of ether oxygens (including phenoxy) is 2. The van der Waals surface area contributed by atoms with Crippen LogP contribution in [-0.4, -0.2) is 49.7 Å². The number of benzene rings is 2. The van der Waals surface area contributed by atoms with Crippen LogP contribution in [0.1, 0.15) is 24.0 Å². The lowest BCUT2D eigenvalue weighted by atomic mass is 9.98. The highest BCUT2D eigenvalue weighted by molar-refractivity contribution is 6.32. The van der Waals surface area contributed by atoms with E-state index in [2.05, 4.69) is 10.6 Å². The Balaban J connectivity index is 1.28. The lowest BCUT2D eigenvalue weighted by molar-refractivity contribution is -0.127. The molecule has 1 unspecified atom stereocenters. The van der Waals surface area contributed by atoms with E-state index < -0.39 is 0 Å². The minimum absolute atomic E-state index is 0.0604. The van der Waals surface area contributed by atoms with Crippen molar-refractivity contribution in [3.05, 3.63) is 58.6 Å². The molecule has 33 heavy (non-hydrogen) atoms. The van der Waals surface area contributed by atoms with Gasteiger partial charge in [0.2, 0.25) is 5.91 Å². The van der Waals surface area contributed by atoms with E-state index in [1.54, 1.807) is 18.2 Å². The van der Waals surface area contributed by atoms with Crippen LogP contribution in [0.15, 0.2) is 42.5 Å². The number of halogens is 1. The lowest BCUT2D eigenvalue weighted by Gasteiger charge is -2.32. The number of likely N-dealkylation sites (tertiary alicyclic amines) is 1. The zero-order valence-electron chi connectivity index (χ0n) is 18.6. The summed E-state index contributed by atoms with van der Waals surface area (Å²) in [4.78, 5) is 26.8. The molecular formula is C25H28ClN3O4. The summed E-state index contributed by atoms with van der Waals surface area (Å²) in [5.41, 5.74) is 2.67. The summed E-state index contributed by atoms with van der Waals surface area (Å²) >= 11 is 6.27. The Morgan fingerprint density at radius 2 is 1.97 bits per heavy atom. The summed E-state index contributed by atoms with van der Waals surface area (Å²) in [5, 5.41) is 6.22. The van der Waals surface area contributed by atoms with Crippen LogP contribution in [0, 0.1) is 12.8 Å². The quantitative estimate of drug-likeness (QED) is 0.632. The van der Waals surface area contributed by atoms with Crippen molar-refractivity contribution in [3.8, 4) is 11.5 Å². The van der Waals surface area contributed by atoms with Gasteiger partial charge in [0.15, 0.2) is 11.5 Å². The van der Waals surface area contributed by atoms with Crippen molar-refractivity contribution in [2.24, 2.45) is 5.92 Å². The summed E-state index contributed by atoms with van der Waals surface area (Å²) < 4.78 is 11.1. The predicted octanol–water partition coefficient (Wildman–Crippen LogP) is 4.49. The molecule has 8 heteroatoms. The Bertz CT molecular complexity index is 1040. The molecule has 2 heterocycles. The molecule has 2 N–H and O–H groups in total. The average molecular weight is 470 g/mol. The molecule has 0 bridgehead atoms. The number of carbonyl (C=O) groups excluding carboxylic acids is 2. The topological polar surface area (TPSA) is 79.9 Å². The van der Waals surface area contributed by atoms with Crippen LogP contribution in [0.4, 0.5) is 10.5 Å². The second kappa shape index (κ2) is 10.6. The van der Waals surface area contributed by atoms with Gasteiger partial charge >= 0.3 is 6.03 Å². The highest BCUT2D eigenvalue weighted by Gasteiger charge is 2.23. The normalized spacial score (nSPS) is 17.6. The fourth-order valence-corrected chi connectivity index (χ4v) is 4.25. The molecule has 0 aromatic heterocycles. The van der Waals surface area contributed by atoms with Gasteiger partial charge in [-0.1, -0.05) is 29.3 Å². The molecule has 2 aliphatic heterocycles. The maximum atomic E-state index is 12.7. The van der Waals surface area contributed by atoms with E-state index in [-0.39, 0.29) is 17.9 Å². The van der Waals surface area contributed by atoms with Crippen LogP contribution in [0.25, 0.3) is 6.08 Å². The first-order valence-corrected chi connectivity index (χ1v) is 11.5. The van der Waals surface area contributed by atoms with E-state index in [0.29, 0.717) is 49.4 Å². The summed E-state index contributed by atoms with van der Waals surface area (Å²) in [5.74, 6) is 1.29. The third-order valence-electron chi connectivity index (χ3n) is 5.73. The number of nitrogens with one attached hydrogen (secondary N) is 2. The summed E-state index contributed by atoms with van der Waals surface area (Å²) in [6.07, 6.45) is 5.17. The Labute approximate surface area is 198 Å². The van der Waals surface area contributed by atoms with Crippen molar-refractivity contribution in [1.29, 1.82) is 0 Å². The molecule has 1 atom stereocenters. The van der Waals surface area contributed by atoms with Gasteiger partial charge < -0.3 is 25.0 Å². The number of piperidine rings is 1. The molecule has 1 saturated heterocycles. The van der Waals surface area contributed by atoms with Gasteiger partial charge in [-0.2, -0.15) is 0 Å². The molecule has 0 saturated carbocycles. The van der Waals surface area contributed by atoms with Gasteiger partial charge in [0.25, 0.3) is 0 Å². The molecule has 2 aromatic carbocycles. The first kappa shape index (κ1) is 23.0. The van der Waals surface area contributed by atoms with Crippen LogP contribution in [0.5, 0.6) is 11.5 Å². The van der Waals surface area contributed by atoms with E-state index >= 15 is 0 Å². The minimum atomic E-state index is -0.238. The number of aryl methyl sites for hydroxylation is 1. The zero-order valence-corrected chi connectivity index (χ0v) is 19.4. The van der Waals surface area contributed by atoms with Crippen molar-refractivity contribution in [3.63, 3.8) is 0 Å². The summed E-state index contributed by atoms with van der Waals surface area (Å²) in [7, 11) is 0. The monoisotopic (exact) mass is 469 g/mol. The molecule has 1 fully saturated rings. The molecule has 0 aliphatic carbocycles. The number of anilines is 1. The van der Waals surface area contributed by atoms with E-state index in [9.17, 15) is 9.59 Å². The van der Waals surface area contributed by atoms with Crippen LogP contribution in [0.2, 0.25) is 5.02 Å². The van der Waals surface area contributed by atoms with Crippen LogP contribution < -0.4 is 20.1 Å². The molecule has 2 aromatic rings. The number of amides is 3. The van der Waals surface area contributed by atoms with E-state index in [0.717, 1.165) is 29.7 Å². The van der Waals surface area contributed by atoms with Crippen molar-refractivity contribution in [1.82, 2.24) is 10.2 Å². The third kappa shape index (κ3) is 6.20. The van der Waals surface area contributed by atoms with Crippen LogP contribution in [-0.2, 0) is 4.79 Å². The fourth-order valence-electron chi connectivity index (χ4n) is 3.98. The van der Waals surface area contributed by atoms with Gasteiger partial charge in [-0.15, -0.1) is 0 Å². The highest BCUT2D eigenvalue weighted by Crippen LogP contribution is 2.38. The van der Waals surface area contributed by atoms with Crippen molar-refractivity contribution >= 4 is 35.3 Å². The average Bonchev–Trinajstić information content (AvgIpc) is 2.83. The van der Waals surface area contributed by atoms with Gasteiger partial charge in [0.05, 0.1) is 5.02 Å². The molecular weight excluding hydrogens is 442 g/mol. The molecule has 174 valence electrons. The van der Waals surface area contributed by atoms with Gasteiger partial charge in [0, 0.05) is 31.4 Å². The van der Waals surface area contributed by atoms with E-state index in [1.807, 2.05) is 42.2 Å². The summed E-state index contributed by atoms with van der Waals surface area (Å²) in [6, 6.07) is 11.0. The molecule has 0 spiro atoms. The Morgan fingerprint density at radius 3 is 2.79 bits per heavy atom. The largest absolute Gasteiger partial charge is 0.486 e. The standard InChI is InChI=1S/C25H28ClN3O4/c1-17-4-7-20(8-5-17)28-25(31)27-15-19-3-2-10-29(16-19)23(30)9-6-18-13-21(26)24-22(14-18)32-11-12-33-24/h4-9,13-14,19H,2-3,10-12,15-16H2,1H3,(H2,27,28,31)/b9-6+. The fraction of sp³-hybridized carbons (Fsp3) is 0.360. The number of rotatable bonds is 5. The highest BCUT2D eigenvalue weighted by atomic mass is 35.5. The number of fused-ring (bicyclic) bond motifs is 1. The lowest BCUT2D eigenvalue weighted by Crippen LogP contribution is -2.43. The predicted molar refractivity (Wildman–Crippen MR) is 129 cm³/mol. The summed E-state index contributed by atoms with van der Waals surface area (Å²) in [6.45, 7) is 4.77.